The summed E-state index contributed by atoms with van der Waals surface area (Å²) in [6, 6.07) is 27.1. The van der Waals surface area contributed by atoms with Crippen molar-refractivity contribution in [1.82, 2.24) is 9.13 Å². The largest absolute Gasteiger partial charge is 1.00 e. The zero-order valence-corrected chi connectivity index (χ0v) is 31.5. The van der Waals surface area contributed by atoms with Crippen molar-refractivity contribution in [1.29, 1.82) is 0 Å². The number of fused-ring (bicyclic) bond motifs is 2. The van der Waals surface area contributed by atoms with E-state index >= 15 is 0 Å². The number of hydrogen-bond donors (Lipinski definition) is 0. The van der Waals surface area contributed by atoms with Crippen molar-refractivity contribution in [2.24, 2.45) is 0 Å². The van der Waals surface area contributed by atoms with Gasteiger partial charge in [0.2, 0.25) is 12.7 Å². The molecule has 2 aromatic heterocycles. The van der Waals surface area contributed by atoms with Gasteiger partial charge < -0.3 is 34.0 Å². The number of unbranched alkanes of at least 4 members (excludes halogenated alkanes) is 12. The van der Waals surface area contributed by atoms with Crippen LogP contribution < -0.4 is 43.1 Å². The van der Waals surface area contributed by atoms with Gasteiger partial charge in [-0.1, -0.05) is 127 Å². The lowest BCUT2D eigenvalue weighted by Crippen LogP contribution is -3.00. The molecule has 0 unspecified atom stereocenters. The summed E-state index contributed by atoms with van der Waals surface area (Å²) in [4.78, 5) is 0. The molecule has 0 N–H and O–H groups in total. The molecule has 0 aliphatic heterocycles. The molecule has 0 saturated carbocycles. The summed E-state index contributed by atoms with van der Waals surface area (Å²) < 4.78 is 9.79. The van der Waals surface area contributed by atoms with Crippen molar-refractivity contribution in [3.8, 4) is 0 Å². The van der Waals surface area contributed by atoms with Gasteiger partial charge in [-0.3, -0.25) is 0 Å². The highest BCUT2D eigenvalue weighted by molar-refractivity contribution is 5.72. The van der Waals surface area contributed by atoms with E-state index in [1.54, 1.807) is 0 Å². The van der Waals surface area contributed by atoms with Gasteiger partial charge in [-0.25, -0.2) is 18.3 Å². The van der Waals surface area contributed by atoms with Gasteiger partial charge in [-0.2, -0.15) is 0 Å². The van der Waals surface area contributed by atoms with Crippen LogP contribution in [0.25, 0.3) is 22.1 Å². The molecule has 0 radical (unpaired) electrons. The lowest BCUT2D eigenvalue weighted by molar-refractivity contribution is -0.663. The lowest BCUT2D eigenvalue weighted by atomic mass is 10.1. The number of benzene rings is 3. The normalized spacial score (nSPS) is 11.2. The van der Waals surface area contributed by atoms with E-state index in [0.717, 1.165) is 26.2 Å². The van der Waals surface area contributed by atoms with Crippen LogP contribution >= 0.6 is 0 Å². The number of aromatic nitrogens is 4. The second-order valence-electron chi connectivity index (χ2n) is 12.9. The minimum Gasteiger partial charge on any atom is -1.00 e. The predicted octanol–water partition coefficient (Wildman–Crippen LogP) is 3.78. The van der Waals surface area contributed by atoms with Crippen LogP contribution in [0.15, 0.2) is 85.5 Å². The number of aryl methyl sites for hydroxylation is 2. The molecule has 4 nitrogen and oxygen atoms in total. The minimum absolute atomic E-state index is 0. The number of hydrogen-bond acceptors (Lipinski definition) is 0. The van der Waals surface area contributed by atoms with E-state index in [2.05, 4.69) is 118 Å². The summed E-state index contributed by atoms with van der Waals surface area (Å²) in [5, 5.41) is 0. The van der Waals surface area contributed by atoms with Crippen molar-refractivity contribution in [2.75, 3.05) is 0 Å². The highest BCUT2D eigenvalue weighted by atomic mass is 79.9. The first-order valence-electron chi connectivity index (χ1n) is 17.8. The van der Waals surface area contributed by atoms with E-state index in [0.29, 0.717) is 0 Å². The molecule has 0 amide bonds. The summed E-state index contributed by atoms with van der Waals surface area (Å²) in [6.07, 6.45) is 23.5. The maximum atomic E-state index is 2.47. The Kier molecular flexibility index (Phi) is 17.1. The van der Waals surface area contributed by atoms with Gasteiger partial charge in [0.1, 0.15) is 13.1 Å². The van der Waals surface area contributed by atoms with Crippen molar-refractivity contribution in [3.63, 3.8) is 0 Å². The van der Waals surface area contributed by atoms with Gasteiger partial charge >= 0.3 is 0 Å². The Morgan fingerprint density at radius 3 is 1.17 bits per heavy atom. The first-order valence-corrected chi connectivity index (χ1v) is 17.8. The Labute approximate surface area is 299 Å². The monoisotopic (exact) mass is 750 g/mol. The molecule has 0 saturated heterocycles. The average molecular weight is 753 g/mol. The number of halogens is 2. The van der Waals surface area contributed by atoms with E-state index in [9.17, 15) is 0 Å². The van der Waals surface area contributed by atoms with Crippen molar-refractivity contribution >= 4 is 22.1 Å². The fourth-order valence-electron chi connectivity index (χ4n) is 6.72. The third-order valence-corrected chi connectivity index (χ3v) is 9.29. The van der Waals surface area contributed by atoms with Crippen LogP contribution in [-0.4, -0.2) is 9.13 Å². The topological polar surface area (TPSA) is 17.6 Å². The van der Waals surface area contributed by atoms with Crippen LogP contribution in [0.2, 0.25) is 0 Å². The van der Waals surface area contributed by atoms with Crippen LogP contribution in [0.3, 0.4) is 0 Å². The van der Waals surface area contributed by atoms with E-state index in [1.807, 2.05) is 0 Å². The minimum atomic E-state index is 0. The molecule has 0 fully saturated rings. The average Bonchev–Trinajstić information content (AvgIpc) is 3.58. The molecule has 0 bridgehead atoms. The van der Waals surface area contributed by atoms with Crippen LogP contribution in [-0.2, 0) is 26.2 Å². The van der Waals surface area contributed by atoms with Crippen molar-refractivity contribution < 1.29 is 43.1 Å². The quantitative estimate of drug-likeness (QED) is 0.0853. The number of nitrogens with zero attached hydrogens (tertiary/aromatic N) is 4. The maximum Gasteiger partial charge on any atom is 0.245 e. The number of para-hydroxylation sites is 4. The summed E-state index contributed by atoms with van der Waals surface area (Å²) in [5.74, 6) is 0. The zero-order chi connectivity index (χ0) is 30.4. The van der Waals surface area contributed by atoms with E-state index in [4.69, 9.17) is 0 Å². The van der Waals surface area contributed by atoms with Crippen molar-refractivity contribution in [3.05, 3.63) is 96.6 Å². The van der Waals surface area contributed by atoms with Crippen LogP contribution in [0.4, 0.5) is 0 Å². The fourth-order valence-corrected chi connectivity index (χ4v) is 6.72. The zero-order valence-electron chi connectivity index (χ0n) is 28.4. The summed E-state index contributed by atoms with van der Waals surface area (Å²) in [7, 11) is 0. The Hall–Kier alpha value is -2.44. The fraction of sp³-hybridized carbons (Fsp3) is 0.500. The van der Waals surface area contributed by atoms with Gasteiger partial charge in [-0.05, 0) is 61.1 Å². The van der Waals surface area contributed by atoms with Crippen LogP contribution in [0, 0.1) is 0 Å². The predicted molar refractivity (Wildman–Crippen MR) is 185 cm³/mol. The molecule has 5 aromatic rings. The molecule has 3 aromatic carbocycles. The molecule has 6 heteroatoms. The third-order valence-electron chi connectivity index (χ3n) is 9.29. The second-order valence-corrected chi connectivity index (χ2v) is 12.9. The molecule has 0 spiro atoms. The molecular formula is C40H56Br2N4. The molecule has 5 rings (SSSR count). The lowest BCUT2D eigenvalue weighted by Gasteiger charge is -2.03. The molecule has 0 aliphatic carbocycles. The Morgan fingerprint density at radius 2 is 0.783 bits per heavy atom. The first kappa shape index (κ1) is 38.0. The van der Waals surface area contributed by atoms with Gasteiger partial charge in [0.15, 0.2) is 22.1 Å². The summed E-state index contributed by atoms with van der Waals surface area (Å²) in [5.41, 5.74) is 8.04. The molecule has 0 aliphatic rings. The number of rotatable bonds is 20. The van der Waals surface area contributed by atoms with Crippen molar-refractivity contribution in [2.45, 2.75) is 130 Å². The number of imidazole rings is 2. The van der Waals surface area contributed by atoms with Gasteiger partial charge in [0.05, 0.1) is 13.1 Å². The second kappa shape index (κ2) is 20.7. The van der Waals surface area contributed by atoms with Crippen LogP contribution in [0.1, 0.15) is 115 Å². The SMILES string of the molecule is CCCCCCCCCn1c[n+](Cc2ccc(C[n+]3cn(CCCCCCCCC)c4ccccc43)cc2)c2ccccc21.[Br-].[Br-]. The molecule has 250 valence electrons. The van der Waals surface area contributed by atoms with E-state index in [1.165, 1.54) is 123 Å². The Morgan fingerprint density at radius 1 is 0.435 bits per heavy atom. The molecular weight excluding hydrogens is 696 g/mol. The standard InChI is InChI=1S/C40H56N4.2BrH/c1-3-5-7-9-11-13-19-29-41-33-43(39-23-17-15-21-37(39)41)31-35-25-27-36(28-26-35)32-44-34-42(38-22-16-18-24-40(38)44)30-20-14-12-10-8-6-4-2;;/h15-18,21-28,33-34H,3-14,19-20,29-32H2,1-2H3;2*1H/q+2;;/p-2. The highest BCUT2D eigenvalue weighted by Gasteiger charge is 2.17. The van der Waals surface area contributed by atoms with Gasteiger partial charge in [-0.15, -0.1) is 0 Å². The van der Waals surface area contributed by atoms with Gasteiger partial charge in [0, 0.05) is 0 Å². The highest BCUT2D eigenvalue weighted by Crippen LogP contribution is 2.17. The van der Waals surface area contributed by atoms with E-state index < -0.39 is 0 Å². The Bertz CT molecular complexity index is 1440. The molecule has 46 heavy (non-hydrogen) atoms. The molecule has 2 heterocycles. The maximum absolute atomic E-state index is 2.47. The third kappa shape index (κ3) is 10.8. The first-order chi connectivity index (χ1) is 21.8. The Balaban J connectivity index is 0.00000288. The van der Waals surface area contributed by atoms with Gasteiger partial charge in [0.25, 0.3) is 0 Å². The van der Waals surface area contributed by atoms with E-state index in [-0.39, 0.29) is 34.0 Å². The summed E-state index contributed by atoms with van der Waals surface area (Å²) >= 11 is 0. The van der Waals surface area contributed by atoms with Crippen LogP contribution in [0.5, 0.6) is 0 Å². The summed E-state index contributed by atoms with van der Waals surface area (Å²) in [6.45, 7) is 8.58. The smallest absolute Gasteiger partial charge is 0.245 e. The molecule has 0 atom stereocenters.